The smallest absolute Gasteiger partial charge is 0.159 e. The molecule has 2 aliphatic heterocycles. The maximum atomic E-state index is 13.4. The molecule has 192 valence electrons. The van der Waals surface area contributed by atoms with Gasteiger partial charge in [-0.15, -0.1) is 0 Å². The van der Waals surface area contributed by atoms with Gasteiger partial charge in [0.15, 0.2) is 5.78 Å². The van der Waals surface area contributed by atoms with Gasteiger partial charge in [0.05, 0.1) is 40.7 Å². The summed E-state index contributed by atoms with van der Waals surface area (Å²) in [5.74, 6) is -0.741. The van der Waals surface area contributed by atoms with Crippen molar-refractivity contribution in [2.24, 2.45) is 22.7 Å². The molecule has 2 saturated heterocycles. The number of allylic oxidation sites excluding steroid dienone is 1. The van der Waals surface area contributed by atoms with Gasteiger partial charge >= 0.3 is 0 Å². The number of aliphatic hydroxyl groups excluding tert-OH is 3. The monoisotopic (exact) mass is 478 g/mol. The van der Waals surface area contributed by atoms with Crippen LogP contribution in [0.25, 0.3) is 0 Å². The van der Waals surface area contributed by atoms with E-state index in [1.54, 1.807) is 26.8 Å². The molecule has 2 spiro atoms. The molecule has 0 aromatic rings. The third kappa shape index (κ3) is 2.88. The van der Waals surface area contributed by atoms with E-state index in [-0.39, 0.29) is 24.5 Å². The number of hydrogen-bond acceptors (Lipinski definition) is 7. The van der Waals surface area contributed by atoms with E-state index in [1.807, 2.05) is 6.92 Å². The summed E-state index contributed by atoms with van der Waals surface area (Å²) >= 11 is 0. The van der Waals surface area contributed by atoms with E-state index in [1.165, 1.54) is 0 Å². The van der Waals surface area contributed by atoms with Crippen LogP contribution in [0.3, 0.4) is 0 Å². The van der Waals surface area contributed by atoms with Crippen LogP contribution in [0.5, 0.6) is 0 Å². The SMILES string of the molecule is CC(C)(O)CC[C@@H](O)[C@](C)(O)[C@H]1CC[C@]2(C)C3=CC(=O)[C@@H]4C[C@@H](O)[C@@H](O)C[C@]4(C)[C@@]34CC[C@@]12O4. The maximum Gasteiger partial charge on any atom is 0.159 e. The number of rotatable bonds is 5. The van der Waals surface area contributed by atoms with Crippen molar-refractivity contribution in [1.29, 1.82) is 0 Å². The van der Waals surface area contributed by atoms with Crippen LogP contribution < -0.4 is 0 Å². The molecular weight excluding hydrogens is 436 g/mol. The van der Waals surface area contributed by atoms with E-state index in [0.29, 0.717) is 25.7 Å². The second-order valence-corrected chi connectivity index (χ2v) is 13.3. The van der Waals surface area contributed by atoms with E-state index >= 15 is 0 Å². The first-order valence-corrected chi connectivity index (χ1v) is 13.0. The lowest BCUT2D eigenvalue weighted by molar-refractivity contribution is -0.213. The first kappa shape index (κ1) is 24.8. The second kappa shape index (κ2) is 7.14. The Balaban J connectivity index is 1.54. The van der Waals surface area contributed by atoms with E-state index in [0.717, 1.165) is 18.4 Å². The predicted octanol–water partition coefficient (Wildman–Crippen LogP) is 2.01. The van der Waals surface area contributed by atoms with Crippen LogP contribution >= 0.6 is 0 Å². The van der Waals surface area contributed by atoms with Gasteiger partial charge in [-0.25, -0.2) is 0 Å². The molecule has 0 radical (unpaired) electrons. The minimum absolute atomic E-state index is 0.00187. The zero-order valence-electron chi connectivity index (χ0n) is 21.2. The molecule has 7 heteroatoms. The van der Waals surface area contributed by atoms with Crippen LogP contribution in [-0.2, 0) is 9.53 Å². The number of hydrogen-bond donors (Lipinski definition) is 5. The third-order valence-electron chi connectivity index (χ3n) is 11.0. The molecule has 0 unspecified atom stereocenters. The Morgan fingerprint density at radius 1 is 1.12 bits per heavy atom. The lowest BCUT2D eigenvalue weighted by atomic mass is 9.46. The fourth-order valence-electron chi connectivity index (χ4n) is 8.92. The summed E-state index contributed by atoms with van der Waals surface area (Å²) in [6.45, 7) is 9.26. The van der Waals surface area contributed by atoms with Crippen LogP contribution in [0.4, 0.5) is 0 Å². The summed E-state index contributed by atoms with van der Waals surface area (Å²) in [6, 6.07) is 0. The fourth-order valence-corrected chi connectivity index (χ4v) is 8.92. The molecule has 2 bridgehead atoms. The summed E-state index contributed by atoms with van der Waals surface area (Å²) in [4.78, 5) is 13.4. The quantitative estimate of drug-likeness (QED) is 0.409. The maximum absolute atomic E-state index is 13.4. The third-order valence-corrected chi connectivity index (χ3v) is 11.0. The standard InChI is InChI=1S/C27H42O7/c1-22(2,32)8-7-21(31)25(5,33)19-6-9-23(3)20-13-16(28)15-12-17(29)18(30)14-24(15,4)27(20)11-10-26(19,23)34-27/h13,15,17-19,21,29-33H,6-12,14H2,1-5H3/t15-,17+,18-,19+,21+,23+,24-,25+,26+,27+/m0/s1. The van der Waals surface area contributed by atoms with E-state index in [2.05, 4.69) is 6.92 Å². The van der Waals surface area contributed by atoms with Crippen molar-refractivity contribution in [1.82, 2.24) is 0 Å². The summed E-state index contributed by atoms with van der Waals surface area (Å²) < 4.78 is 7.14. The van der Waals surface area contributed by atoms with Crippen LogP contribution in [0.2, 0.25) is 0 Å². The minimum atomic E-state index is -1.42. The number of ether oxygens (including phenoxy) is 1. The van der Waals surface area contributed by atoms with Gasteiger partial charge in [-0.05, 0) is 83.8 Å². The van der Waals surface area contributed by atoms with Crippen molar-refractivity contribution in [3.8, 4) is 0 Å². The summed E-state index contributed by atoms with van der Waals surface area (Å²) in [7, 11) is 0. The molecule has 10 atom stereocenters. The second-order valence-electron chi connectivity index (χ2n) is 13.3. The molecule has 4 fully saturated rings. The molecule has 5 N–H and O–H groups in total. The van der Waals surface area contributed by atoms with Gasteiger partial charge in [-0.1, -0.05) is 13.8 Å². The lowest BCUT2D eigenvalue weighted by Gasteiger charge is -2.57. The molecular formula is C27H42O7. The van der Waals surface area contributed by atoms with Crippen molar-refractivity contribution in [3.63, 3.8) is 0 Å². The Morgan fingerprint density at radius 2 is 1.79 bits per heavy atom. The van der Waals surface area contributed by atoms with Gasteiger partial charge in [0.1, 0.15) is 0 Å². The number of carbonyl (C=O) groups excluding carboxylic acids is 1. The number of ketones is 1. The van der Waals surface area contributed by atoms with Crippen molar-refractivity contribution >= 4 is 5.78 Å². The fraction of sp³-hybridized carbons (Fsp3) is 0.889. The Kier molecular flexibility index (Phi) is 5.22. The predicted molar refractivity (Wildman–Crippen MR) is 125 cm³/mol. The molecule has 2 saturated carbocycles. The van der Waals surface area contributed by atoms with Crippen LogP contribution in [0.1, 0.15) is 86.0 Å². The molecule has 0 aromatic carbocycles. The van der Waals surface area contributed by atoms with Crippen LogP contribution in [0.15, 0.2) is 11.6 Å². The molecule has 5 rings (SSSR count). The van der Waals surface area contributed by atoms with E-state index < -0.39 is 57.5 Å². The number of fused-ring (bicyclic) bond motifs is 2. The minimum Gasteiger partial charge on any atom is -0.390 e. The van der Waals surface area contributed by atoms with Gasteiger partial charge < -0.3 is 30.3 Å². The normalized spacial score (nSPS) is 50.3. The van der Waals surface area contributed by atoms with Crippen molar-refractivity contribution < 1.29 is 35.1 Å². The molecule has 0 aromatic heterocycles. The van der Waals surface area contributed by atoms with Crippen molar-refractivity contribution in [2.45, 2.75) is 127 Å². The zero-order valence-corrected chi connectivity index (χ0v) is 21.2. The van der Waals surface area contributed by atoms with Gasteiger partial charge in [-0.2, -0.15) is 0 Å². The van der Waals surface area contributed by atoms with Gasteiger partial charge in [0, 0.05) is 22.7 Å². The van der Waals surface area contributed by atoms with Crippen molar-refractivity contribution in [3.05, 3.63) is 11.6 Å². The lowest BCUT2D eigenvalue weighted by Crippen LogP contribution is -2.61. The van der Waals surface area contributed by atoms with Crippen LogP contribution in [-0.4, -0.2) is 72.0 Å². The summed E-state index contributed by atoms with van der Waals surface area (Å²) in [5.41, 5.74) is -3.87. The molecule has 3 aliphatic carbocycles. The van der Waals surface area contributed by atoms with Gasteiger partial charge in [-0.3, -0.25) is 4.79 Å². The Morgan fingerprint density at radius 3 is 2.44 bits per heavy atom. The molecule has 34 heavy (non-hydrogen) atoms. The van der Waals surface area contributed by atoms with Crippen LogP contribution in [0, 0.1) is 22.7 Å². The van der Waals surface area contributed by atoms with Gasteiger partial charge in [0.2, 0.25) is 0 Å². The Labute approximate surface area is 202 Å². The molecule has 7 nitrogen and oxygen atoms in total. The topological polar surface area (TPSA) is 127 Å². The Hall–Kier alpha value is -0.830. The molecule has 2 heterocycles. The molecule has 5 aliphatic rings. The molecule has 0 amide bonds. The highest BCUT2D eigenvalue weighted by Crippen LogP contribution is 2.79. The van der Waals surface area contributed by atoms with E-state index in [9.17, 15) is 30.3 Å². The summed E-state index contributed by atoms with van der Waals surface area (Å²) in [5, 5.41) is 53.9. The highest BCUT2D eigenvalue weighted by atomic mass is 16.5. The first-order valence-electron chi connectivity index (χ1n) is 13.0. The highest BCUT2D eigenvalue weighted by molar-refractivity contribution is 5.96. The Bertz CT molecular complexity index is 920. The largest absolute Gasteiger partial charge is 0.390 e. The van der Waals surface area contributed by atoms with E-state index in [4.69, 9.17) is 4.74 Å². The highest BCUT2D eigenvalue weighted by Gasteiger charge is 2.82. The average molecular weight is 479 g/mol. The summed E-state index contributed by atoms with van der Waals surface area (Å²) in [6.07, 6.45) is 2.92. The van der Waals surface area contributed by atoms with Gasteiger partial charge in [0.25, 0.3) is 0 Å². The number of carbonyl (C=O) groups is 1. The average Bonchev–Trinajstić information content (AvgIpc) is 3.32. The first-order chi connectivity index (χ1) is 15.5. The zero-order chi connectivity index (χ0) is 25.1. The number of aliphatic hydroxyl groups is 5. The van der Waals surface area contributed by atoms with Crippen molar-refractivity contribution in [2.75, 3.05) is 0 Å².